The van der Waals surface area contributed by atoms with Crippen molar-refractivity contribution in [3.05, 3.63) is 23.5 Å². The predicted molar refractivity (Wildman–Crippen MR) is 47.7 cm³/mol. The molecular formula is C10H11FO3. The fraction of sp³-hybridized carbons (Fsp3) is 0.400. The number of halogens is 1. The summed E-state index contributed by atoms with van der Waals surface area (Å²) in [4.78, 5) is 0. The van der Waals surface area contributed by atoms with Crippen molar-refractivity contribution < 1.29 is 19.3 Å². The molecule has 0 radical (unpaired) electrons. The molecule has 0 atom stereocenters. The number of aromatic hydroxyl groups is 1. The van der Waals surface area contributed by atoms with Gasteiger partial charge in [-0.1, -0.05) is 0 Å². The van der Waals surface area contributed by atoms with Crippen LogP contribution in [0.1, 0.15) is 18.4 Å². The van der Waals surface area contributed by atoms with Crippen molar-refractivity contribution in [2.75, 3.05) is 7.11 Å². The van der Waals surface area contributed by atoms with E-state index < -0.39 is 11.4 Å². The highest BCUT2D eigenvalue weighted by atomic mass is 19.1. The standard InChI is InChI=1S/C10H11FO3/c1-14-9-7(11)4-6(5-8(9)12)10(13)2-3-10/h4-5,12-13H,2-3H2,1H3. The topological polar surface area (TPSA) is 49.7 Å². The lowest BCUT2D eigenvalue weighted by molar-refractivity contribution is 0.150. The number of ether oxygens (including phenoxy) is 1. The molecule has 0 spiro atoms. The van der Waals surface area contributed by atoms with E-state index in [0.29, 0.717) is 18.4 Å². The molecule has 2 rings (SSSR count). The van der Waals surface area contributed by atoms with Gasteiger partial charge in [0.25, 0.3) is 0 Å². The van der Waals surface area contributed by atoms with Gasteiger partial charge in [0.05, 0.1) is 12.7 Å². The van der Waals surface area contributed by atoms with Gasteiger partial charge in [0.15, 0.2) is 17.3 Å². The van der Waals surface area contributed by atoms with Gasteiger partial charge in [0.2, 0.25) is 0 Å². The van der Waals surface area contributed by atoms with E-state index in [4.69, 9.17) is 0 Å². The highest BCUT2D eigenvalue weighted by Gasteiger charge is 2.43. The van der Waals surface area contributed by atoms with E-state index in [-0.39, 0.29) is 11.5 Å². The smallest absolute Gasteiger partial charge is 0.196 e. The number of methoxy groups -OCH3 is 1. The largest absolute Gasteiger partial charge is 0.504 e. The Hall–Kier alpha value is -1.29. The second kappa shape index (κ2) is 2.85. The Balaban J connectivity index is 2.47. The van der Waals surface area contributed by atoms with E-state index in [1.165, 1.54) is 19.2 Å². The molecular weight excluding hydrogens is 187 g/mol. The van der Waals surface area contributed by atoms with Crippen LogP contribution in [0.4, 0.5) is 4.39 Å². The molecule has 2 N–H and O–H groups in total. The minimum atomic E-state index is -0.940. The zero-order chi connectivity index (χ0) is 10.3. The van der Waals surface area contributed by atoms with Gasteiger partial charge < -0.3 is 14.9 Å². The van der Waals surface area contributed by atoms with E-state index in [1.807, 2.05) is 0 Å². The molecule has 0 aliphatic heterocycles. The van der Waals surface area contributed by atoms with E-state index >= 15 is 0 Å². The molecule has 76 valence electrons. The first kappa shape index (κ1) is 9.27. The third-order valence-electron chi connectivity index (χ3n) is 2.49. The van der Waals surface area contributed by atoms with Crippen LogP contribution in [0.5, 0.6) is 11.5 Å². The molecule has 1 fully saturated rings. The summed E-state index contributed by atoms with van der Waals surface area (Å²) in [6, 6.07) is 2.54. The number of phenols is 1. The number of hydrogen-bond acceptors (Lipinski definition) is 3. The summed E-state index contributed by atoms with van der Waals surface area (Å²) in [5.74, 6) is -1.11. The summed E-state index contributed by atoms with van der Waals surface area (Å²) in [6.07, 6.45) is 1.22. The molecule has 0 aromatic heterocycles. The first-order valence-electron chi connectivity index (χ1n) is 4.36. The van der Waals surface area contributed by atoms with E-state index in [9.17, 15) is 14.6 Å². The minimum Gasteiger partial charge on any atom is -0.504 e. The summed E-state index contributed by atoms with van der Waals surface area (Å²) in [6.45, 7) is 0. The average molecular weight is 198 g/mol. The summed E-state index contributed by atoms with van der Waals surface area (Å²) >= 11 is 0. The molecule has 1 aliphatic rings. The molecule has 0 saturated heterocycles. The first-order valence-corrected chi connectivity index (χ1v) is 4.36. The average Bonchev–Trinajstić information content (AvgIpc) is 2.84. The fourth-order valence-electron chi connectivity index (χ4n) is 1.46. The molecule has 14 heavy (non-hydrogen) atoms. The Morgan fingerprint density at radius 3 is 2.50 bits per heavy atom. The van der Waals surface area contributed by atoms with Gasteiger partial charge >= 0.3 is 0 Å². The van der Waals surface area contributed by atoms with Crippen molar-refractivity contribution in [2.45, 2.75) is 18.4 Å². The Bertz CT molecular complexity index is 349. The van der Waals surface area contributed by atoms with Crippen LogP contribution >= 0.6 is 0 Å². The summed E-state index contributed by atoms with van der Waals surface area (Å²) in [5, 5.41) is 19.1. The van der Waals surface area contributed by atoms with Crippen LogP contribution in [0.15, 0.2) is 12.1 Å². The highest BCUT2D eigenvalue weighted by Crippen LogP contribution is 2.47. The Morgan fingerprint density at radius 2 is 2.07 bits per heavy atom. The van der Waals surface area contributed by atoms with Gasteiger partial charge in [-0.3, -0.25) is 0 Å². The molecule has 1 aliphatic carbocycles. The lowest BCUT2D eigenvalue weighted by atomic mass is 10.1. The molecule has 1 aromatic carbocycles. The number of hydrogen-bond donors (Lipinski definition) is 2. The molecule has 0 unspecified atom stereocenters. The van der Waals surface area contributed by atoms with Gasteiger partial charge in [-0.2, -0.15) is 0 Å². The van der Waals surface area contributed by atoms with E-state index in [0.717, 1.165) is 0 Å². The molecule has 0 amide bonds. The Morgan fingerprint density at radius 1 is 1.43 bits per heavy atom. The predicted octanol–water partition coefficient (Wildman–Crippen LogP) is 1.52. The second-order valence-corrected chi connectivity index (χ2v) is 3.54. The lowest BCUT2D eigenvalue weighted by Crippen LogP contribution is -2.05. The molecule has 1 aromatic rings. The molecule has 1 saturated carbocycles. The van der Waals surface area contributed by atoms with Crippen molar-refractivity contribution in [1.82, 2.24) is 0 Å². The number of aliphatic hydroxyl groups is 1. The maximum atomic E-state index is 13.3. The molecule has 0 heterocycles. The van der Waals surface area contributed by atoms with Crippen LogP contribution < -0.4 is 4.74 Å². The van der Waals surface area contributed by atoms with E-state index in [1.54, 1.807) is 0 Å². The molecule has 4 heteroatoms. The Kier molecular flexibility index (Phi) is 1.89. The van der Waals surface area contributed by atoms with Crippen LogP contribution in [0.2, 0.25) is 0 Å². The molecule has 3 nitrogen and oxygen atoms in total. The van der Waals surface area contributed by atoms with Crippen LogP contribution in [-0.4, -0.2) is 17.3 Å². The minimum absolute atomic E-state index is 0.182. The van der Waals surface area contributed by atoms with Crippen LogP contribution in [0, 0.1) is 5.82 Å². The zero-order valence-corrected chi connectivity index (χ0v) is 7.75. The van der Waals surface area contributed by atoms with Crippen molar-refractivity contribution in [3.8, 4) is 11.5 Å². The maximum Gasteiger partial charge on any atom is 0.196 e. The monoisotopic (exact) mass is 198 g/mol. The highest BCUT2D eigenvalue weighted by molar-refractivity contribution is 5.45. The number of benzene rings is 1. The summed E-state index contributed by atoms with van der Waals surface area (Å²) in [7, 11) is 1.28. The van der Waals surface area contributed by atoms with Gasteiger partial charge in [-0.25, -0.2) is 4.39 Å². The zero-order valence-electron chi connectivity index (χ0n) is 7.75. The number of phenolic OH excluding ortho intramolecular Hbond substituents is 1. The lowest BCUT2D eigenvalue weighted by Gasteiger charge is -2.11. The van der Waals surface area contributed by atoms with E-state index in [2.05, 4.69) is 4.74 Å². The van der Waals surface area contributed by atoms with Crippen LogP contribution in [-0.2, 0) is 5.60 Å². The third-order valence-corrected chi connectivity index (χ3v) is 2.49. The van der Waals surface area contributed by atoms with Gasteiger partial charge in [-0.15, -0.1) is 0 Å². The van der Waals surface area contributed by atoms with Crippen LogP contribution in [0.25, 0.3) is 0 Å². The maximum absolute atomic E-state index is 13.3. The molecule has 0 bridgehead atoms. The van der Waals surface area contributed by atoms with Gasteiger partial charge in [0.1, 0.15) is 0 Å². The third kappa shape index (κ3) is 1.32. The SMILES string of the molecule is COc1c(O)cc(C2(O)CC2)cc1F. The van der Waals surface area contributed by atoms with Crippen molar-refractivity contribution in [3.63, 3.8) is 0 Å². The number of rotatable bonds is 2. The summed E-state index contributed by atoms with van der Waals surface area (Å²) in [5.41, 5.74) is -0.529. The van der Waals surface area contributed by atoms with Crippen LogP contribution in [0.3, 0.4) is 0 Å². The van der Waals surface area contributed by atoms with Gasteiger partial charge in [-0.05, 0) is 30.5 Å². The quantitative estimate of drug-likeness (QED) is 0.757. The second-order valence-electron chi connectivity index (χ2n) is 3.54. The van der Waals surface area contributed by atoms with Crippen molar-refractivity contribution in [2.24, 2.45) is 0 Å². The van der Waals surface area contributed by atoms with Crippen molar-refractivity contribution in [1.29, 1.82) is 0 Å². The van der Waals surface area contributed by atoms with Gasteiger partial charge in [0, 0.05) is 0 Å². The summed E-state index contributed by atoms with van der Waals surface area (Å²) < 4.78 is 17.9. The normalized spacial score (nSPS) is 17.9. The Labute approximate surface area is 80.8 Å². The van der Waals surface area contributed by atoms with Crippen molar-refractivity contribution >= 4 is 0 Å². The fourth-order valence-corrected chi connectivity index (χ4v) is 1.46. The first-order chi connectivity index (χ1) is 6.57.